The van der Waals surface area contributed by atoms with Gasteiger partial charge in [-0.05, 0) is 12.1 Å². The second-order valence-electron chi connectivity index (χ2n) is 1.94. The maximum Gasteiger partial charge on any atom is 0.373 e. The van der Waals surface area contributed by atoms with Crippen molar-refractivity contribution in [1.82, 2.24) is 0 Å². The Morgan fingerprint density at radius 1 is 1.75 bits per heavy atom. The molecule has 0 aromatic carbocycles. The summed E-state index contributed by atoms with van der Waals surface area (Å²) in [5.74, 6) is -0.196. The van der Waals surface area contributed by atoms with Crippen molar-refractivity contribution < 1.29 is 19.2 Å². The number of carbonyl (C=O) groups is 1. The van der Waals surface area contributed by atoms with Crippen LogP contribution >= 0.6 is 0 Å². The summed E-state index contributed by atoms with van der Waals surface area (Å²) >= 11 is 0. The largest absolute Gasteiger partial charge is 0.463 e. The molecule has 0 unspecified atom stereocenters. The van der Waals surface area contributed by atoms with Crippen molar-refractivity contribution in [3.8, 4) is 0 Å². The van der Waals surface area contributed by atoms with Gasteiger partial charge in [0, 0.05) is 0 Å². The van der Waals surface area contributed by atoms with Crippen LogP contribution < -0.4 is 0 Å². The van der Waals surface area contributed by atoms with Crippen molar-refractivity contribution >= 4 is 12.2 Å². The molecule has 0 aliphatic rings. The van der Waals surface area contributed by atoms with Crippen molar-refractivity contribution in [3.05, 3.63) is 23.7 Å². The van der Waals surface area contributed by atoms with Crippen LogP contribution in [0.15, 0.2) is 21.7 Å². The molecule has 1 N–H and O–H groups in total. The number of hydrogen-bond acceptors (Lipinski definition) is 5. The minimum Gasteiger partial charge on any atom is -0.463 e. The number of hydrogen-bond donors (Lipinski definition) is 1. The van der Waals surface area contributed by atoms with Gasteiger partial charge in [0.15, 0.2) is 0 Å². The Hall–Kier alpha value is -1.78. The molecule has 0 saturated carbocycles. The Morgan fingerprint density at radius 3 is 3.08 bits per heavy atom. The van der Waals surface area contributed by atoms with E-state index in [4.69, 9.17) is 9.62 Å². The van der Waals surface area contributed by atoms with Gasteiger partial charge in [-0.1, -0.05) is 5.16 Å². The van der Waals surface area contributed by atoms with Crippen LogP contribution in [-0.2, 0) is 4.74 Å². The molecule has 0 aliphatic carbocycles. The Kier molecular flexibility index (Phi) is 2.47. The first-order valence-corrected chi connectivity index (χ1v) is 3.13. The fraction of sp³-hybridized carbons (Fsp3) is 0.143. The predicted molar refractivity (Wildman–Crippen MR) is 39.4 cm³/mol. The lowest BCUT2D eigenvalue weighted by atomic mass is 10.4. The van der Waals surface area contributed by atoms with Crippen molar-refractivity contribution in [2.75, 3.05) is 7.11 Å². The van der Waals surface area contributed by atoms with Gasteiger partial charge in [0.05, 0.1) is 7.11 Å². The third-order valence-electron chi connectivity index (χ3n) is 1.20. The molecule has 0 aliphatic heterocycles. The molecule has 0 bridgehead atoms. The standard InChI is InChI=1S/C7H7NO4/c1-11-7(9)6-3-2-5(12-6)4-8-10/h2-4,10H,1H3/b8-4+. The van der Waals surface area contributed by atoms with Gasteiger partial charge >= 0.3 is 5.97 Å². The average molecular weight is 169 g/mol. The van der Waals surface area contributed by atoms with Gasteiger partial charge in [0.2, 0.25) is 5.76 Å². The molecule has 1 rings (SSSR count). The van der Waals surface area contributed by atoms with Gasteiger partial charge in [-0.15, -0.1) is 0 Å². The number of methoxy groups -OCH3 is 1. The maximum absolute atomic E-state index is 10.8. The molecule has 1 aromatic heterocycles. The van der Waals surface area contributed by atoms with Gasteiger partial charge in [-0.25, -0.2) is 4.79 Å². The third-order valence-corrected chi connectivity index (χ3v) is 1.20. The molecular weight excluding hydrogens is 162 g/mol. The van der Waals surface area contributed by atoms with E-state index in [1.54, 1.807) is 0 Å². The third kappa shape index (κ3) is 1.63. The van der Waals surface area contributed by atoms with E-state index in [1.165, 1.54) is 19.2 Å². The zero-order chi connectivity index (χ0) is 8.97. The molecule has 0 saturated heterocycles. The van der Waals surface area contributed by atoms with Crippen LogP contribution in [0.5, 0.6) is 0 Å². The van der Waals surface area contributed by atoms with Crippen molar-refractivity contribution in [2.24, 2.45) is 5.16 Å². The first-order chi connectivity index (χ1) is 5.77. The van der Waals surface area contributed by atoms with Crippen LogP contribution in [0, 0.1) is 0 Å². The number of nitrogens with zero attached hydrogens (tertiary/aromatic N) is 1. The zero-order valence-corrected chi connectivity index (χ0v) is 6.35. The molecular formula is C7H7NO4. The van der Waals surface area contributed by atoms with Crippen molar-refractivity contribution in [1.29, 1.82) is 0 Å². The SMILES string of the molecule is COC(=O)c1ccc(/C=N/O)o1. The van der Waals surface area contributed by atoms with Gasteiger partial charge < -0.3 is 14.4 Å². The minimum atomic E-state index is -0.562. The topological polar surface area (TPSA) is 72.0 Å². The quantitative estimate of drug-likeness (QED) is 0.308. The maximum atomic E-state index is 10.8. The van der Waals surface area contributed by atoms with Crippen LogP contribution in [0.1, 0.15) is 16.3 Å². The van der Waals surface area contributed by atoms with E-state index < -0.39 is 5.97 Å². The van der Waals surface area contributed by atoms with Crippen LogP contribution in [0.4, 0.5) is 0 Å². The lowest BCUT2D eigenvalue weighted by Gasteiger charge is -1.91. The number of esters is 1. The molecule has 64 valence electrons. The van der Waals surface area contributed by atoms with Crippen molar-refractivity contribution in [3.63, 3.8) is 0 Å². The van der Waals surface area contributed by atoms with Gasteiger partial charge in [-0.2, -0.15) is 0 Å². The molecule has 5 nitrogen and oxygen atoms in total. The molecule has 5 heteroatoms. The number of ether oxygens (including phenoxy) is 1. The predicted octanol–water partition coefficient (Wildman–Crippen LogP) is 0.874. The molecule has 0 radical (unpaired) electrons. The first kappa shape index (κ1) is 8.32. The Bertz CT molecular complexity index is 302. The lowest BCUT2D eigenvalue weighted by molar-refractivity contribution is 0.0564. The number of furan rings is 1. The molecule has 0 fully saturated rings. The highest BCUT2D eigenvalue weighted by Gasteiger charge is 2.09. The summed E-state index contributed by atoms with van der Waals surface area (Å²) in [4.78, 5) is 10.8. The van der Waals surface area contributed by atoms with Crippen LogP contribution in [0.25, 0.3) is 0 Å². The molecule has 0 amide bonds. The summed E-state index contributed by atoms with van der Waals surface area (Å²) in [6.07, 6.45) is 1.08. The summed E-state index contributed by atoms with van der Waals surface area (Å²) in [7, 11) is 1.25. The number of oxime groups is 1. The van der Waals surface area contributed by atoms with E-state index in [1.807, 2.05) is 0 Å². The average Bonchev–Trinajstić information content (AvgIpc) is 2.52. The van der Waals surface area contributed by atoms with E-state index in [0.29, 0.717) is 0 Å². The fourth-order valence-corrected chi connectivity index (χ4v) is 0.689. The second kappa shape index (κ2) is 3.56. The van der Waals surface area contributed by atoms with Crippen LogP contribution in [0.2, 0.25) is 0 Å². The van der Waals surface area contributed by atoms with E-state index in [9.17, 15) is 4.79 Å². The zero-order valence-electron chi connectivity index (χ0n) is 6.35. The molecule has 0 spiro atoms. The highest BCUT2D eigenvalue weighted by atomic mass is 16.5. The summed E-state index contributed by atoms with van der Waals surface area (Å²) in [5, 5.41) is 10.9. The highest BCUT2D eigenvalue weighted by molar-refractivity contribution is 5.87. The van der Waals surface area contributed by atoms with E-state index in [0.717, 1.165) is 6.21 Å². The van der Waals surface area contributed by atoms with E-state index in [2.05, 4.69) is 9.89 Å². The fourth-order valence-electron chi connectivity index (χ4n) is 0.689. The lowest BCUT2D eigenvalue weighted by Crippen LogP contribution is -1.98. The van der Waals surface area contributed by atoms with Crippen LogP contribution in [0.3, 0.4) is 0 Å². The first-order valence-electron chi connectivity index (χ1n) is 3.13. The molecule has 0 atom stereocenters. The molecule has 1 aromatic rings. The number of carbonyl (C=O) groups excluding carboxylic acids is 1. The van der Waals surface area contributed by atoms with E-state index >= 15 is 0 Å². The number of rotatable bonds is 2. The monoisotopic (exact) mass is 169 g/mol. The van der Waals surface area contributed by atoms with Gasteiger partial charge in [-0.3, -0.25) is 0 Å². The molecule has 1 heterocycles. The Morgan fingerprint density at radius 2 is 2.50 bits per heavy atom. The van der Waals surface area contributed by atoms with Crippen molar-refractivity contribution in [2.45, 2.75) is 0 Å². The smallest absolute Gasteiger partial charge is 0.373 e. The normalized spacial score (nSPS) is 10.4. The Balaban J connectivity index is 2.84. The second-order valence-corrected chi connectivity index (χ2v) is 1.94. The Labute approximate surface area is 68.2 Å². The summed E-state index contributed by atoms with van der Waals surface area (Å²) in [6.45, 7) is 0. The summed E-state index contributed by atoms with van der Waals surface area (Å²) in [6, 6.07) is 2.93. The van der Waals surface area contributed by atoms with Gasteiger partial charge in [0.25, 0.3) is 0 Å². The molecule has 12 heavy (non-hydrogen) atoms. The minimum absolute atomic E-state index is 0.0763. The van der Waals surface area contributed by atoms with E-state index in [-0.39, 0.29) is 11.5 Å². The summed E-state index contributed by atoms with van der Waals surface area (Å²) in [5.41, 5.74) is 0. The summed E-state index contributed by atoms with van der Waals surface area (Å²) < 4.78 is 9.28. The van der Waals surface area contributed by atoms with Gasteiger partial charge in [0.1, 0.15) is 12.0 Å². The van der Waals surface area contributed by atoms with Crippen LogP contribution in [-0.4, -0.2) is 24.5 Å². The highest BCUT2D eigenvalue weighted by Crippen LogP contribution is 2.06.